The van der Waals surface area contributed by atoms with Crippen LogP contribution in [0.25, 0.3) is 0 Å². The Balaban J connectivity index is 0.00000182. The Kier molecular flexibility index (Phi) is 5.39. The van der Waals surface area contributed by atoms with Crippen LogP contribution in [0.5, 0.6) is 0 Å². The number of nitrogens with one attached hydrogen (secondary N) is 2. The van der Waals surface area contributed by atoms with Crippen molar-refractivity contribution in [3.05, 3.63) is 47.8 Å². The molecule has 1 amide bonds. The lowest BCUT2D eigenvalue weighted by Gasteiger charge is -2.43. The lowest BCUT2D eigenvalue weighted by Crippen LogP contribution is -2.50. The summed E-state index contributed by atoms with van der Waals surface area (Å²) in [5, 5.41) is 14.8. The number of rotatable bonds is 4. The van der Waals surface area contributed by atoms with Gasteiger partial charge in [0, 0.05) is 0 Å². The molecular weight excluding hydrogens is 338 g/mol. The summed E-state index contributed by atoms with van der Waals surface area (Å²) in [6, 6.07) is 10.6. The van der Waals surface area contributed by atoms with Crippen molar-refractivity contribution in [3.8, 4) is 0 Å². The molecule has 0 atom stereocenters. The number of halogens is 1. The molecular formula is C18H24ClN5O. The van der Waals surface area contributed by atoms with Crippen LogP contribution in [0.15, 0.2) is 36.5 Å². The minimum Gasteiger partial charge on any atom is -0.341 e. The molecule has 2 fully saturated rings. The minimum absolute atomic E-state index is 0. The largest absolute Gasteiger partial charge is 0.341 e. The van der Waals surface area contributed by atoms with Crippen LogP contribution in [0.1, 0.15) is 54.2 Å². The smallest absolute Gasteiger partial charge is 0.274 e. The zero-order valence-electron chi connectivity index (χ0n) is 14.1. The van der Waals surface area contributed by atoms with Crippen LogP contribution in [0.4, 0.5) is 0 Å². The summed E-state index contributed by atoms with van der Waals surface area (Å²) >= 11 is 0. The molecule has 2 aromatic rings. The lowest BCUT2D eigenvalue weighted by molar-refractivity contribution is 0.0818. The molecule has 1 aromatic heterocycles. The zero-order valence-corrected chi connectivity index (χ0v) is 15.0. The Morgan fingerprint density at radius 3 is 2.56 bits per heavy atom. The number of hydrogen-bond acceptors (Lipinski definition) is 4. The van der Waals surface area contributed by atoms with Crippen LogP contribution in [0.2, 0.25) is 0 Å². The van der Waals surface area contributed by atoms with Gasteiger partial charge in [-0.25, -0.2) is 4.68 Å². The molecule has 7 heteroatoms. The molecule has 2 N–H and O–H groups in total. The maximum absolute atomic E-state index is 12.7. The van der Waals surface area contributed by atoms with Gasteiger partial charge in [-0.05, 0) is 50.8 Å². The molecule has 6 nitrogen and oxygen atoms in total. The van der Waals surface area contributed by atoms with E-state index in [-0.39, 0.29) is 23.9 Å². The summed E-state index contributed by atoms with van der Waals surface area (Å²) in [4.78, 5) is 12.7. The molecule has 0 unspecified atom stereocenters. The van der Waals surface area contributed by atoms with Crippen molar-refractivity contribution >= 4 is 18.3 Å². The molecule has 1 aromatic carbocycles. The van der Waals surface area contributed by atoms with Gasteiger partial charge in [0.2, 0.25) is 0 Å². The van der Waals surface area contributed by atoms with Crippen LogP contribution in [0, 0.1) is 0 Å². The Hall–Kier alpha value is -1.92. The van der Waals surface area contributed by atoms with Crippen molar-refractivity contribution in [2.24, 2.45) is 0 Å². The van der Waals surface area contributed by atoms with Gasteiger partial charge in [-0.15, -0.1) is 17.5 Å². The van der Waals surface area contributed by atoms with Gasteiger partial charge < -0.3 is 10.6 Å². The fraction of sp³-hybridized carbons (Fsp3) is 0.500. The Bertz CT molecular complexity index is 707. The van der Waals surface area contributed by atoms with Crippen molar-refractivity contribution < 1.29 is 4.79 Å². The highest BCUT2D eigenvalue weighted by Crippen LogP contribution is 2.41. The maximum Gasteiger partial charge on any atom is 0.274 e. The summed E-state index contributed by atoms with van der Waals surface area (Å²) in [6.45, 7) is 1.98. The van der Waals surface area contributed by atoms with Crippen molar-refractivity contribution in [1.29, 1.82) is 0 Å². The highest BCUT2D eigenvalue weighted by Gasteiger charge is 2.40. The van der Waals surface area contributed by atoms with Gasteiger partial charge in [-0.1, -0.05) is 35.5 Å². The van der Waals surface area contributed by atoms with Gasteiger partial charge in [0.1, 0.15) is 0 Å². The van der Waals surface area contributed by atoms with E-state index >= 15 is 0 Å². The fourth-order valence-electron chi connectivity index (χ4n) is 3.69. The highest BCUT2D eigenvalue weighted by molar-refractivity contribution is 5.92. The number of nitrogens with zero attached hydrogens (tertiary/aromatic N) is 3. The molecule has 134 valence electrons. The van der Waals surface area contributed by atoms with Gasteiger partial charge in [-0.3, -0.25) is 4.79 Å². The van der Waals surface area contributed by atoms with E-state index in [2.05, 4.69) is 33.1 Å². The van der Waals surface area contributed by atoms with E-state index in [9.17, 15) is 4.79 Å². The quantitative estimate of drug-likeness (QED) is 0.877. The first-order chi connectivity index (χ1) is 11.8. The van der Waals surface area contributed by atoms with Gasteiger partial charge in [0.05, 0.1) is 17.8 Å². The normalized spacial score (nSPS) is 19.5. The Labute approximate surface area is 153 Å². The second-order valence-electron chi connectivity index (χ2n) is 6.82. The average Bonchev–Trinajstić information content (AvgIpc) is 3.10. The van der Waals surface area contributed by atoms with Crippen molar-refractivity contribution in [2.75, 3.05) is 13.1 Å². The van der Waals surface area contributed by atoms with E-state index in [1.165, 1.54) is 5.56 Å². The second-order valence-corrected chi connectivity index (χ2v) is 6.82. The zero-order chi connectivity index (χ0) is 16.4. The minimum atomic E-state index is -0.239. The van der Waals surface area contributed by atoms with Gasteiger partial charge in [-0.2, -0.15) is 0 Å². The molecule has 0 bridgehead atoms. The van der Waals surface area contributed by atoms with E-state index in [1.54, 1.807) is 6.20 Å². The number of benzene rings is 1. The number of hydrogen-bond donors (Lipinski definition) is 2. The third kappa shape index (κ3) is 3.55. The fourth-order valence-corrected chi connectivity index (χ4v) is 3.69. The maximum atomic E-state index is 12.7. The second kappa shape index (κ2) is 7.54. The summed E-state index contributed by atoms with van der Waals surface area (Å²) in [5.41, 5.74) is 1.35. The molecule has 0 radical (unpaired) electrons. The molecule has 1 aliphatic heterocycles. The molecule has 25 heavy (non-hydrogen) atoms. The number of carbonyl (C=O) groups is 1. The summed E-state index contributed by atoms with van der Waals surface area (Å²) in [7, 11) is 0. The van der Waals surface area contributed by atoms with Gasteiger partial charge in [0.25, 0.3) is 5.91 Å². The van der Waals surface area contributed by atoms with E-state index in [0.717, 1.165) is 45.2 Å². The lowest BCUT2D eigenvalue weighted by atomic mass is 9.71. The highest BCUT2D eigenvalue weighted by atomic mass is 35.5. The van der Waals surface area contributed by atoms with E-state index in [1.807, 2.05) is 22.9 Å². The van der Waals surface area contributed by atoms with Crippen LogP contribution in [0.3, 0.4) is 0 Å². The summed E-state index contributed by atoms with van der Waals surface area (Å²) < 4.78 is 1.85. The van der Waals surface area contributed by atoms with Crippen molar-refractivity contribution in [1.82, 2.24) is 25.6 Å². The average molecular weight is 362 g/mol. The van der Waals surface area contributed by atoms with Crippen LogP contribution < -0.4 is 10.6 Å². The van der Waals surface area contributed by atoms with Crippen LogP contribution >= 0.6 is 12.4 Å². The molecule has 0 spiro atoms. The first-order valence-corrected chi connectivity index (χ1v) is 8.77. The van der Waals surface area contributed by atoms with Crippen molar-refractivity contribution in [2.45, 2.75) is 43.7 Å². The summed E-state index contributed by atoms with van der Waals surface area (Å²) in [6.07, 6.45) is 6.94. The standard InChI is InChI=1S/C18H23N5O.ClH/c24-17(16-13-23(22-21-16)15-7-11-19-12-8-15)20-18(9-4-10-18)14-5-2-1-3-6-14;/h1-3,5-6,13,15,19H,4,7-12H2,(H,20,24);1H. The SMILES string of the molecule is Cl.O=C(NC1(c2ccccc2)CCC1)c1cn(C2CCNCC2)nn1. The number of amides is 1. The molecule has 1 saturated heterocycles. The first-order valence-electron chi connectivity index (χ1n) is 8.77. The molecule has 2 heterocycles. The number of aromatic nitrogens is 3. The predicted octanol–water partition coefficient (Wildman–Crippen LogP) is 2.43. The van der Waals surface area contributed by atoms with Crippen molar-refractivity contribution in [3.63, 3.8) is 0 Å². The molecule has 1 saturated carbocycles. The number of carbonyl (C=O) groups excluding carboxylic acids is 1. The van der Waals surface area contributed by atoms with Gasteiger partial charge in [0.15, 0.2) is 5.69 Å². The Morgan fingerprint density at radius 2 is 1.92 bits per heavy atom. The van der Waals surface area contributed by atoms with E-state index in [0.29, 0.717) is 11.7 Å². The number of piperidine rings is 1. The third-order valence-electron chi connectivity index (χ3n) is 5.31. The summed E-state index contributed by atoms with van der Waals surface area (Å²) in [5.74, 6) is -0.126. The first kappa shape index (κ1) is 17.9. The molecule has 1 aliphatic carbocycles. The molecule has 2 aliphatic rings. The van der Waals surface area contributed by atoms with E-state index < -0.39 is 0 Å². The van der Waals surface area contributed by atoms with Crippen LogP contribution in [-0.4, -0.2) is 34.0 Å². The topological polar surface area (TPSA) is 71.8 Å². The third-order valence-corrected chi connectivity index (χ3v) is 5.31. The predicted molar refractivity (Wildman–Crippen MR) is 97.8 cm³/mol. The monoisotopic (exact) mass is 361 g/mol. The van der Waals surface area contributed by atoms with Gasteiger partial charge >= 0.3 is 0 Å². The van der Waals surface area contributed by atoms with E-state index in [4.69, 9.17) is 0 Å². The molecule has 4 rings (SSSR count). The van der Waals surface area contributed by atoms with Crippen LogP contribution in [-0.2, 0) is 5.54 Å². The Morgan fingerprint density at radius 1 is 1.20 bits per heavy atom.